The number of urea groups is 1. The third-order valence-electron chi connectivity index (χ3n) is 3.05. The van der Waals surface area contributed by atoms with Gasteiger partial charge in [0.15, 0.2) is 5.13 Å². The Hall–Kier alpha value is -1.63. The number of nitrogens with one attached hydrogen (secondary N) is 2. The molecule has 1 atom stereocenters. The molecule has 2 amide bonds. The minimum Gasteiger partial charge on any atom is -0.480 e. The molecule has 0 bridgehead atoms. The van der Waals surface area contributed by atoms with Crippen molar-refractivity contribution in [3.63, 3.8) is 0 Å². The largest absolute Gasteiger partial charge is 0.480 e. The van der Waals surface area contributed by atoms with Crippen LogP contribution >= 0.6 is 11.3 Å². The van der Waals surface area contributed by atoms with Gasteiger partial charge in [0.05, 0.1) is 5.69 Å². The fourth-order valence-electron chi connectivity index (χ4n) is 1.89. The Morgan fingerprint density at radius 1 is 1.50 bits per heavy atom. The predicted molar refractivity (Wildman–Crippen MR) is 77.1 cm³/mol. The molecule has 1 aliphatic rings. The maximum absolute atomic E-state index is 11.8. The number of hydrogen-bond acceptors (Lipinski definition) is 4. The van der Waals surface area contributed by atoms with Crippen LogP contribution in [0.2, 0.25) is 0 Å². The van der Waals surface area contributed by atoms with Crippen LogP contribution in [0.4, 0.5) is 9.93 Å². The predicted octanol–water partition coefficient (Wildman–Crippen LogP) is 2.64. The zero-order chi connectivity index (χ0) is 14.7. The van der Waals surface area contributed by atoms with E-state index in [-0.39, 0.29) is 5.92 Å². The third-order valence-corrected chi connectivity index (χ3v) is 3.82. The summed E-state index contributed by atoms with van der Waals surface area (Å²) in [6, 6.07) is -1.40. The molecule has 0 aliphatic heterocycles. The van der Waals surface area contributed by atoms with Crippen molar-refractivity contribution in [1.29, 1.82) is 0 Å². The van der Waals surface area contributed by atoms with Crippen molar-refractivity contribution in [2.75, 3.05) is 5.32 Å². The monoisotopic (exact) mass is 297 g/mol. The van der Waals surface area contributed by atoms with E-state index in [0.717, 1.165) is 18.5 Å². The highest BCUT2D eigenvalue weighted by atomic mass is 32.1. The zero-order valence-electron chi connectivity index (χ0n) is 11.5. The molecule has 0 radical (unpaired) electrons. The Bertz CT molecular complexity index is 497. The SMILES string of the molecule is CC(C)CC(NC(=O)Nc1nc(C2CC2)cs1)C(=O)O. The molecule has 6 nitrogen and oxygen atoms in total. The van der Waals surface area contributed by atoms with Crippen LogP contribution in [-0.2, 0) is 4.79 Å². The van der Waals surface area contributed by atoms with Gasteiger partial charge in [-0.05, 0) is 25.2 Å². The molecule has 20 heavy (non-hydrogen) atoms. The van der Waals surface area contributed by atoms with Gasteiger partial charge in [0.1, 0.15) is 6.04 Å². The van der Waals surface area contributed by atoms with Crippen LogP contribution in [0, 0.1) is 5.92 Å². The van der Waals surface area contributed by atoms with Gasteiger partial charge >= 0.3 is 12.0 Å². The van der Waals surface area contributed by atoms with Crippen molar-refractivity contribution in [2.45, 2.75) is 45.1 Å². The van der Waals surface area contributed by atoms with Gasteiger partial charge in [-0.2, -0.15) is 0 Å². The number of aromatic nitrogens is 1. The quantitative estimate of drug-likeness (QED) is 0.752. The Morgan fingerprint density at radius 2 is 2.20 bits per heavy atom. The smallest absolute Gasteiger partial charge is 0.326 e. The average molecular weight is 297 g/mol. The van der Waals surface area contributed by atoms with E-state index in [1.807, 2.05) is 19.2 Å². The van der Waals surface area contributed by atoms with Crippen molar-refractivity contribution in [2.24, 2.45) is 5.92 Å². The fourth-order valence-corrected chi connectivity index (χ4v) is 2.68. The van der Waals surface area contributed by atoms with Crippen LogP contribution in [0.1, 0.15) is 44.7 Å². The summed E-state index contributed by atoms with van der Waals surface area (Å²) in [7, 11) is 0. The number of carbonyl (C=O) groups excluding carboxylic acids is 1. The van der Waals surface area contributed by atoms with Crippen LogP contribution in [-0.4, -0.2) is 28.1 Å². The molecule has 0 spiro atoms. The summed E-state index contributed by atoms with van der Waals surface area (Å²) in [5, 5.41) is 16.6. The molecule has 1 aliphatic carbocycles. The van der Waals surface area contributed by atoms with Crippen molar-refractivity contribution in [3.8, 4) is 0 Å². The Kier molecular flexibility index (Phi) is 4.59. The highest BCUT2D eigenvalue weighted by Crippen LogP contribution is 2.40. The molecule has 0 aromatic carbocycles. The lowest BCUT2D eigenvalue weighted by molar-refractivity contribution is -0.139. The molecule has 3 N–H and O–H groups in total. The van der Waals surface area contributed by atoms with E-state index in [4.69, 9.17) is 5.11 Å². The van der Waals surface area contributed by atoms with E-state index in [2.05, 4.69) is 15.6 Å². The Balaban J connectivity index is 1.87. The molecule has 1 saturated carbocycles. The normalized spacial score (nSPS) is 15.9. The summed E-state index contributed by atoms with van der Waals surface area (Å²) >= 11 is 1.37. The molecule has 1 aromatic heterocycles. The molecule has 0 saturated heterocycles. The Labute approximate surface area is 121 Å². The van der Waals surface area contributed by atoms with Crippen LogP contribution in [0.25, 0.3) is 0 Å². The molecule has 1 fully saturated rings. The van der Waals surface area contributed by atoms with Crippen molar-refractivity contribution >= 4 is 28.5 Å². The summed E-state index contributed by atoms with van der Waals surface area (Å²) in [5.74, 6) is -0.290. The van der Waals surface area contributed by atoms with Gasteiger partial charge in [0.25, 0.3) is 0 Å². The Morgan fingerprint density at radius 3 is 2.75 bits per heavy atom. The molecule has 7 heteroatoms. The van der Waals surface area contributed by atoms with Crippen LogP contribution < -0.4 is 10.6 Å². The fraction of sp³-hybridized carbons (Fsp3) is 0.615. The van der Waals surface area contributed by atoms with E-state index in [0.29, 0.717) is 17.5 Å². The first-order valence-electron chi connectivity index (χ1n) is 6.71. The van der Waals surface area contributed by atoms with E-state index >= 15 is 0 Å². The number of carboxylic acids is 1. The van der Waals surface area contributed by atoms with Crippen LogP contribution in [0.3, 0.4) is 0 Å². The number of thiazole rings is 1. The molecular weight excluding hydrogens is 278 g/mol. The van der Waals surface area contributed by atoms with E-state index in [9.17, 15) is 9.59 Å². The van der Waals surface area contributed by atoms with Gasteiger partial charge in [0, 0.05) is 11.3 Å². The average Bonchev–Trinajstić information content (AvgIpc) is 3.09. The second-order valence-electron chi connectivity index (χ2n) is 5.47. The number of hydrogen-bond donors (Lipinski definition) is 3. The number of carbonyl (C=O) groups is 2. The van der Waals surface area contributed by atoms with Crippen LogP contribution in [0.15, 0.2) is 5.38 Å². The topological polar surface area (TPSA) is 91.3 Å². The van der Waals surface area contributed by atoms with Gasteiger partial charge in [-0.25, -0.2) is 14.6 Å². The van der Waals surface area contributed by atoms with Gasteiger partial charge in [-0.15, -0.1) is 11.3 Å². The van der Waals surface area contributed by atoms with E-state index in [1.165, 1.54) is 11.3 Å². The van der Waals surface area contributed by atoms with E-state index in [1.54, 1.807) is 0 Å². The van der Waals surface area contributed by atoms with Gasteiger partial charge < -0.3 is 10.4 Å². The molecule has 1 aromatic rings. The summed E-state index contributed by atoms with van der Waals surface area (Å²) in [4.78, 5) is 27.2. The van der Waals surface area contributed by atoms with Crippen molar-refractivity contribution < 1.29 is 14.7 Å². The summed E-state index contributed by atoms with van der Waals surface area (Å²) in [6.45, 7) is 3.83. The number of aliphatic carboxylic acids is 1. The second kappa shape index (κ2) is 6.21. The lowest BCUT2D eigenvalue weighted by Gasteiger charge is -2.16. The summed E-state index contributed by atoms with van der Waals surface area (Å²) in [6.07, 6.45) is 2.71. The van der Waals surface area contributed by atoms with Crippen LogP contribution in [0.5, 0.6) is 0 Å². The number of nitrogens with zero attached hydrogens (tertiary/aromatic N) is 1. The summed E-state index contributed by atoms with van der Waals surface area (Å²) in [5.41, 5.74) is 1.02. The molecule has 2 rings (SSSR count). The molecule has 1 heterocycles. The maximum Gasteiger partial charge on any atom is 0.326 e. The highest BCUT2D eigenvalue weighted by Gasteiger charge is 2.26. The number of anilines is 1. The van der Waals surface area contributed by atoms with E-state index < -0.39 is 18.0 Å². The maximum atomic E-state index is 11.8. The zero-order valence-corrected chi connectivity index (χ0v) is 12.4. The first kappa shape index (κ1) is 14.8. The number of amides is 2. The van der Waals surface area contributed by atoms with Gasteiger partial charge in [0.2, 0.25) is 0 Å². The van der Waals surface area contributed by atoms with Gasteiger partial charge in [-0.3, -0.25) is 5.32 Å². The minimum absolute atomic E-state index is 0.192. The minimum atomic E-state index is -1.02. The third kappa shape index (κ3) is 4.19. The number of rotatable bonds is 6. The lowest BCUT2D eigenvalue weighted by Crippen LogP contribution is -2.43. The lowest BCUT2D eigenvalue weighted by atomic mass is 10.0. The van der Waals surface area contributed by atoms with Gasteiger partial charge in [-0.1, -0.05) is 13.8 Å². The second-order valence-corrected chi connectivity index (χ2v) is 6.33. The molecular formula is C13H19N3O3S. The standard InChI is InChI=1S/C13H19N3O3S/c1-7(2)5-9(11(17)18)14-12(19)16-13-15-10(6-20-13)8-3-4-8/h6-9H,3-5H2,1-2H3,(H,17,18)(H2,14,15,16,19). The first-order valence-corrected chi connectivity index (χ1v) is 7.59. The molecule has 1 unspecified atom stereocenters. The van der Waals surface area contributed by atoms with Crippen molar-refractivity contribution in [3.05, 3.63) is 11.1 Å². The number of carboxylic acid groups (broad SMARTS) is 1. The highest BCUT2D eigenvalue weighted by molar-refractivity contribution is 7.13. The van der Waals surface area contributed by atoms with Crippen molar-refractivity contribution in [1.82, 2.24) is 10.3 Å². The summed E-state index contributed by atoms with van der Waals surface area (Å²) < 4.78 is 0. The molecule has 110 valence electrons. The first-order chi connectivity index (χ1) is 9.45.